The summed E-state index contributed by atoms with van der Waals surface area (Å²) < 4.78 is 25.0. The number of hydrogen-bond acceptors (Lipinski definition) is 3. The fourth-order valence-corrected chi connectivity index (χ4v) is 2.27. The molecule has 0 aromatic heterocycles. The smallest absolute Gasteiger partial charge is 0.126 e. The summed E-state index contributed by atoms with van der Waals surface area (Å²) in [6.45, 7) is 4.86. The molecule has 0 radical (unpaired) electrons. The quantitative estimate of drug-likeness (QED) is 0.911. The molecule has 0 aliphatic carbocycles. The lowest BCUT2D eigenvalue weighted by atomic mass is 10.0. The van der Waals surface area contributed by atoms with Gasteiger partial charge in [-0.1, -0.05) is 0 Å². The van der Waals surface area contributed by atoms with Gasteiger partial charge < -0.3 is 15.2 Å². The number of ether oxygens (including phenoxy) is 2. The molecular formula is C15H22FNO2. The van der Waals surface area contributed by atoms with Crippen molar-refractivity contribution in [3.8, 4) is 5.75 Å². The predicted molar refractivity (Wildman–Crippen MR) is 72.8 cm³/mol. The van der Waals surface area contributed by atoms with Crippen molar-refractivity contribution in [1.29, 1.82) is 0 Å². The molecule has 1 unspecified atom stereocenters. The van der Waals surface area contributed by atoms with E-state index < -0.39 is 0 Å². The maximum absolute atomic E-state index is 13.6. The summed E-state index contributed by atoms with van der Waals surface area (Å²) in [6, 6.07) is 2.94. The minimum absolute atomic E-state index is 0.139. The van der Waals surface area contributed by atoms with E-state index in [4.69, 9.17) is 15.2 Å². The lowest BCUT2D eigenvalue weighted by Crippen LogP contribution is -2.26. The first-order valence-corrected chi connectivity index (χ1v) is 6.88. The largest absolute Gasteiger partial charge is 0.491 e. The second-order valence-electron chi connectivity index (χ2n) is 5.23. The van der Waals surface area contributed by atoms with Gasteiger partial charge in [0.2, 0.25) is 0 Å². The van der Waals surface area contributed by atoms with Crippen molar-refractivity contribution in [1.82, 2.24) is 0 Å². The zero-order chi connectivity index (χ0) is 13.8. The number of benzene rings is 1. The number of rotatable bonds is 4. The van der Waals surface area contributed by atoms with Crippen molar-refractivity contribution in [2.45, 2.75) is 45.3 Å². The molecule has 1 aliphatic heterocycles. The monoisotopic (exact) mass is 267 g/mol. The average molecular weight is 267 g/mol. The molecule has 0 bridgehead atoms. The van der Waals surface area contributed by atoms with E-state index in [0.717, 1.165) is 19.4 Å². The molecule has 1 aromatic carbocycles. The van der Waals surface area contributed by atoms with Crippen LogP contribution in [0.5, 0.6) is 5.75 Å². The molecule has 0 amide bonds. The summed E-state index contributed by atoms with van der Waals surface area (Å²) in [5, 5.41) is 0. The molecule has 1 saturated heterocycles. The van der Waals surface area contributed by atoms with E-state index in [0.29, 0.717) is 23.5 Å². The van der Waals surface area contributed by atoms with Crippen molar-refractivity contribution in [3.05, 3.63) is 29.1 Å². The molecular weight excluding hydrogens is 245 g/mol. The van der Waals surface area contributed by atoms with Gasteiger partial charge in [-0.3, -0.25) is 0 Å². The molecule has 4 heteroatoms. The predicted octanol–water partition coefficient (Wildman–Crippen LogP) is 3.10. The van der Waals surface area contributed by atoms with Crippen LogP contribution in [0.25, 0.3) is 0 Å². The van der Waals surface area contributed by atoms with Crippen LogP contribution in [-0.4, -0.2) is 19.3 Å². The van der Waals surface area contributed by atoms with Crippen LogP contribution in [-0.2, 0) is 4.74 Å². The third kappa shape index (κ3) is 3.67. The van der Waals surface area contributed by atoms with E-state index in [1.165, 1.54) is 12.5 Å². The molecule has 19 heavy (non-hydrogen) atoms. The van der Waals surface area contributed by atoms with Crippen LogP contribution in [0.1, 0.15) is 43.4 Å². The molecule has 0 saturated carbocycles. The van der Waals surface area contributed by atoms with E-state index in [2.05, 4.69) is 0 Å². The summed E-state index contributed by atoms with van der Waals surface area (Å²) in [5.74, 6) is 0.427. The molecule has 1 fully saturated rings. The summed E-state index contributed by atoms with van der Waals surface area (Å²) in [7, 11) is 0. The molecule has 2 atom stereocenters. The van der Waals surface area contributed by atoms with E-state index in [9.17, 15) is 4.39 Å². The van der Waals surface area contributed by atoms with Crippen LogP contribution in [0.3, 0.4) is 0 Å². The van der Waals surface area contributed by atoms with Gasteiger partial charge in [-0.15, -0.1) is 0 Å². The first kappa shape index (κ1) is 14.3. The normalized spacial score (nSPS) is 21.2. The lowest BCUT2D eigenvalue weighted by molar-refractivity contribution is -0.0113. The maximum atomic E-state index is 13.6. The maximum Gasteiger partial charge on any atom is 0.126 e. The molecule has 1 heterocycles. The number of hydrogen-bond donors (Lipinski definition) is 1. The minimum atomic E-state index is -0.252. The Morgan fingerprint density at radius 3 is 2.89 bits per heavy atom. The highest BCUT2D eigenvalue weighted by Gasteiger charge is 2.17. The number of halogens is 1. The zero-order valence-electron chi connectivity index (χ0n) is 11.6. The van der Waals surface area contributed by atoms with Gasteiger partial charge in [0.15, 0.2) is 0 Å². The van der Waals surface area contributed by atoms with Crippen molar-refractivity contribution in [2.75, 3.05) is 13.2 Å². The molecule has 1 aliphatic rings. The third-order valence-electron chi connectivity index (χ3n) is 3.48. The molecule has 0 spiro atoms. The Labute approximate surface area is 113 Å². The van der Waals surface area contributed by atoms with Gasteiger partial charge in [0, 0.05) is 18.2 Å². The molecule has 2 N–H and O–H groups in total. The first-order valence-electron chi connectivity index (χ1n) is 6.88. The van der Waals surface area contributed by atoms with Crippen LogP contribution in [0.15, 0.2) is 12.1 Å². The van der Waals surface area contributed by atoms with Crippen LogP contribution in [0.2, 0.25) is 0 Å². The molecule has 1 aromatic rings. The van der Waals surface area contributed by atoms with E-state index in [1.807, 2.05) is 6.92 Å². The van der Waals surface area contributed by atoms with E-state index in [1.54, 1.807) is 13.0 Å². The highest BCUT2D eigenvalue weighted by atomic mass is 19.1. The van der Waals surface area contributed by atoms with E-state index in [-0.39, 0.29) is 18.0 Å². The number of aryl methyl sites for hydroxylation is 1. The topological polar surface area (TPSA) is 44.5 Å². The summed E-state index contributed by atoms with van der Waals surface area (Å²) >= 11 is 0. The Hall–Kier alpha value is -1.13. The van der Waals surface area contributed by atoms with Gasteiger partial charge in [-0.05, 0) is 50.8 Å². The van der Waals surface area contributed by atoms with Crippen LogP contribution >= 0.6 is 0 Å². The number of nitrogens with two attached hydrogens (primary N) is 1. The van der Waals surface area contributed by atoms with Crippen molar-refractivity contribution in [2.24, 2.45) is 5.73 Å². The van der Waals surface area contributed by atoms with Crippen LogP contribution < -0.4 is 10.5 Å². The van der Waals surface area contributed by atoms with Crippen molar-refractivity contribution < 1.29 is 13.9 Å². The summed E-state index contributed by atoms with van der Waals surface area (Å²) in [4.78, 5) is 0. The summed E-state index contributed by atoms with van der Waals surface area (Å²) in [5.41, 5.74) is 7.14. The Bertz CT molecular complexity index is 428. The fourth-order valence-electron chi connectivity index (χ4n) is 2.27. The SMILES string of the molecule is Cc1cc(OCC2CCCCO2)c([C@H](C)N)cc1F. The highest BCUT2D eigenvalue weighted by Crippen LogP contribution is 2.28. The Kier molecular flexibility index (Phi) is 4.77. The minimum Gasteiger partial charge on any atom is -0.491 e. The standard InChI is InChI=1S/C15H22FNO2/c1-10-7-15(13(11(2)17)8-14(10)16)19-9-12-5-3-4-6-18-12/h7-8,11-12H,3-6,9,17H2,1-2H3/t11-,12?/m0/s1. The Morgan fingerprint density at radius 2 is 2.26 bits per heavy atom. The Balaban J connectivity index is 2.07. The Morgan fingerprint density at radius 1 is 1.47 bits per heavy atom. The highest BCUT2D eigenvalue weighted by molar-refractivity contribution is 5.39. The fraction of sp³-hybridized carbons (Fsp3) is 0.600. The van der Waals surface area contributed by atoms with Gasteiger partial charge >= 0.3 is 0 Å². The van der Waals surface area contributed by atoms with Crippen molar-refractivity contribution in [3.63, 3.8) is 0 Å². The third-order valence-corrected chi connectivity index (χ3v) is 3.48. The second kappa shape index (κ2) is 6.35. The lowest BCUT2D eigenvalue weighted by Gasteiger charge is -2.24. The molecule has 3 nitrogen and oxygen atoms in total. The van der Waals surface area contributed by atoms with Crippen LogP contribution in [0.4, 0.5) is 4.39 Å². The van der Waals surface area contributed by atoms with E-state index >= 15 is 0 Å². The first-order chi connectivity index (χ1) is 9.08. The van der Waals surface area contributed by atoms with Gasteiger partial charge in [0.25, 0.3) is 0 Å². The van der Waals surface area contributed by atoms with Gasteiger partial charge in [-0.25, -0.2) is 4.39 Å². The van der Waals surface area contributed by atoms with Gasteiger partial charge in [0.05, 0.1) is 6.10 Å². The van der Waals surface area contributed by atoms with Gasteiger partial charge in [0.1, 0.15) is 18.2 Å². The van der Waals surface area contributed by atoms with Crippen LogP contribution in [0, 0.1) is 12.7 Å². The molecule has 106 valence electrons. The molecule has 2 rings (SSSR count). The zero-order valence-corrected chi connectivity index (χ0v) is 11.6. The van der Waals surface area contributed by atoms with Crippen molar-refractivity contribution >= 4 is 0 Å². The average Bonchev–Trinajstić information content (AvgIpc) is 2.40. The van der Waals surface area contributed by atoms with Gasteiger partial charge in [-0.2, -0.15) is 0 Å². The second-order valence-corrected chi connectivity index (χ2v) is 5.23. The summed E-state index contributed by atoms with van der Waals surface area (Å²) in [6.07, 6.45) is 3.46.